The van der Waals surface area contributed by atoms with Gasteiger partial charge in [-0.25, -0.2) is 0 Å². The Kier molecular flexibility index (Phi) is 7.70. The van der Waals surface area contributed by atoms with Crippen LogP contribution in [0.1, 0.15) is 26.0 Å². The maximum Gasteiger partial charge on any atom is 0.225 e. The molecule has 1 aromatic heterocycles. The predicted molar refractivity (Wildman–Crippen MR) is 97.3 cm³/mol. The molecule has 2 rings (SSSR count). The molecule has 1 unspecified atom stereocenters. The van der Waals surface area contributed by atoms with E-state index in [1.807, 2.05) is 30.9 Å². The van der Waals surface area contributed by atoms with Crippen LogP contribution < -0.4 is 10.6 Å². The number of carbonyl (C=O) groups is 1. The molecular formula is C15H25IN4O2. The third kappa shape index (κ3) is 5.19. The molecule has 1 aliphatic heterocycles. The fourth-order valence-electron chi connectivity index (χ4n) is 2.42. The minimum Gasteiger partial charge on any atom is -0.467 e. The molecule has 6 nitrogen and oxygen atoms in total. The average molecular weight is 420 g/mol. The standard InChI is InChI=1S/C15H24N4O2.HI/c1-11(2)14(20)19-7-6-12(10-19)18-15(16-3)17-9-13-5-4-8-21-13;/h4-5,8,11-12H,6-7,9-10H2,1-3H3,(H2,16,17,18);1H. The number of furan rings is 1. The van der Waals surface area contributed by atoms with E-state index in [-0.39, 0.29) is 41.8 Å². The Morgan fingerprint density at radius 2 is 2.32 bits per heavy atom. The maximum atomic E-state index is 12.0. The van der Waals surface area contributed by atoms with Crippen molar-refractivity contribution < 1.29 is 9.21 Å². The van der Waals surface area contributed by atoms with Gasteiger partial charge in [0.1, 0.15) is 5.76 Å². The van der Waals surface area contributed by atoms with E-state index in [1.165, 1.54) is 0 Å². The van der Waals surface area contributed by atoms with Crippen LogP contribution in [0.3, 0.4) is 0 Å². The Hall–Kier alpha value is -1.25. The highest BCUT2D eigenvalue weighted by atomic mass is 127. The highest BCUT2D eigenvalue weighted by molar-refractivity contribution is 14.0. The number of aliphatic imine (C=N–C) groups is 1. The second kappa shape index (κ2) is 9.02. The minimum atomic E-state index is 0. The Bertz CT molecular complexity index is 488. The smallest absolute Gasteiger partial charge is 0.225 e. The number of nitrogens with zero attached hydrogens (tertiary/aromatic N) is 2. The number of rotatable bonds is 4. The summed E-state index contributed by atoms with van der Waals surface area (Å²) in [5.74, 6) is 1.87. The van der Waals surface area contributed by atoms with Crippen molar-refractivity contribution >= 4 is 35.8 Å². The zero-order valence-corrected chi connectivity index (χ0v) is 15.7. The second-order valence-electron chi connectivity index (χ2n) is 5.57. The normalized spacial score (nSPS) is 18.3. The number of amides is 1. The van der Waals surface area contributed by atoms with Gasteiger partial charge in [0.25, 0.3) is 0 Å². The highest BCUT2D eigenvalue weighted by Crippen LogP contribution is 2.12. The van der Waals surface area contributed by atoms with Crippen LogP contribution in [0.5, 0.6) is 0 Å². The molecule has 22 heavy (non-hydrogen) atoms. The van der Waals surface area contributed by atoms with Crippen molar-refractivity contribution in [2.75, 3.05) is 20.1 Å². The van der Waals surface area contributed by atoms with Gasteiger partial charge in [0, 0.05) is 32.1 Å². The third-order valence-electron chi connectivity index (χ3n) is 3.57. The van der Waals surface area contributed by atoms with E-state index in [1.54, 1.807) is 13.3 Å². The van der Waals surface area contributed by atoms with E-state index in [9.17, 15) is 4.79 Å². The molecular weight excluding hydrogens is 395 g/mol. The summed E-state index contributed by atoms with van der Waals surface area (Å²) >= 11 is 0. The first-order valence-corrected chi connectivity index (χ1v) is 7.38. The first kappa shape index (κ1) is 18.8. The maximum absolute atomic E-state index is 12.0. The number of halogens is 1. The average Bonchev–Trinajstić information content (AvgIpc) is 3.13. The fourth-order valence-corrected chi connectivity index (χ4v) is 2.42. The van der Waals surface area contributed by atoms with Gasteiger partial charge in [-0.2, -0.15) is 0 Å². The molecule has 1 aromatic rings. The summed E-state index contributed by atoms with van der Waals surface area (Å²) in [6, 6.07) is 4.02. The summed E-state index contributed by atoms with van der Waals surface area (Å²) in [6.45, 7) is 6.01. The van der Waals surface area contributed by atoms with E-state index in [4.69, 9.17) is 4.42 Å². The minimum absolute atomic E-state index is 0. The summed E-state index contributed by atoms with van der Waals surface area (Å²) in [7, 11) is 1.74. The molecule has 1 saturated heterocycles. The van der Waals surface area contributed by atoms with Gasteiger partial charge in [-0.05, 0) is 18.6 Å². The van der Waals surface area contributed by atoms with Crippen molar-refractivity contribution in [3.05, 3.63) is 24.2 Å². The number of nitrogens with one attached hydrogen (secondary N) is 2. The third-order valence-corrected chi connectivity index (χ3v) is 3.57. The molecule has 7 heteroatoms. The molecule has 1 fully saturated rings. The van der Waals surface area contributed by atoms with E-state index in [0.717, 1.165) is 31.2 Å². The van der Waals surface area contributed by atoms with Crippen LogP contribution in [0.4, 0.5) is 0 Å². The molecule has 0 saturated carbocycles. The molecule has 2 heterocycles. The summed E-state index contributed by atoms with van der Waals surface area (Å²) in [5, 5.41) is 6.56. The number of likely N-dealkylation sites (tertiary alicyclic amines) is 1. The fraction of sp³-hybridized carbons (Fsp3) is 0.600. The summed E-state index contributed by atoms with van der Waals surface area (Å²) in [6.07, 6.45) is 2.60. The summed E-state index contributed by atoms with van der Waals surface area (Å²) in [4.78, 5) is 18.1. The molecule has 0 aromatic carbocycles. The quantitative estimate of drug-likeness (QED) is 0.443. The first-order valence-electron chi connectivity index (χ1n) is 7.38. The van der Waals surface area contributed by atoms with Crippen molar-refractivity contribution in [2.24, 2.45) is 10.9 Å². The van der Waals surface area contributed by atoms with Gasteiger partial charge in [-0.15, -0.1) is 24.0 Å². The second-order valence-corrected chi connectivity index (χ2v) is 5.57. The van der Waals surface area contributed by atoms with Crippen molar-refractivity contribution in [3.63, 3.8) is 0 Å². The Morgan fingerprint density at radius 1 is 1.55 bits per heavy atom. The molecule has 2 N–H and O–H groups in total. The van der Waals surface area contributed by atoms with Crippen molar-refractivity contribution in [1.82, 2.24) is 15.5 Å². The van der Waals surface area contributed by atoms with E-state index in [2.05, 4.69) is 15.6 Å². The molecule has 0 spiro atoms. The largest absolute Gasteiger partial charge is 0.467 e. The van der Waals surface area contributed by atoms with Gasteiger partial charge in [0.05, 0.1) is 12.8 Å². The highest BCUT2D eigenvalue weighted by Gasteiger charge is 2.27. The van der Waals surface area contributed by atoms with E-state index >= 15 is 0 Å². The zero-order chi connectivity index (χ0) is 15.2. The topological polar surface area (TPSA) is 69.9 Å². The number of hydrogen-bond acceptors (Lipinski definition) is 3. The lowest BCUT2D eigenvalue weighted by Gasteiger charge is -2.20. The monoisotopic (exact) mass is 420 g/mol. The van der Waals surface area contributed by atoms with E-state index < -0.39 is 0 Å². The van der Waals surface area contributed by atoms with Gasteiger partial charge in [0.15, 0.2) is 5.96 Å². The van der Waals surface area contributed by atoms with Crippen LogP contribution in [0.25, 0.3) is 0 Å². The number of hydrogen-bond donors (Lipinski definition) is 2. The molecule has 0 aliphatic carbocycles. The Morgan fingerprint density at radius 3 is 2.91 bits per heavy atom. The SMILES string of the molecule is CN=C(NCc1ccco1)NC1CCN(C(=O)C(C)C)C1.I. The van der Waals surface area contributed by atoms with Gasteiger partial charge in [-0.1, -0.05) is 13.8 Å². The summed E-state index contributed by atoms with van der Waals surface area (Å²) in [5.41, 5.74) is 0. The number of guanidine groups is 1. The van der Waals surface area contributed by atoms with Gasteiger partial charge >= 0.3 is 0 Å². The molecule has 0 bridgehead atoms. The lowest BCUT2D eigenvalue weighted by atomic mass is 10.2. The zero-order valence-electron chi connectivity index (χ0n) is 13.3. The Balaban J connectivity index is 0.00000242. The Labute approximate surface area is 148 Å². The van der Waals surface area contributed by atoms with Gasteiger partial charge in [-0.3, -0.25) is 9.79 Å². The van der Waals surface area contributed by atoms with Gasteiger partial charge < -0.3 is 20.0 Å². The predicted octanol–water partition coefficient (Wildman–Crippen LogP) is 1.82. The van der Waals surface area contributed by atoms with Crippen LogP contribution >= 0.6 is 24.0 Å². The lowest BCUT2D eigenvalue weighted by Crippen LogP contribution is -2.45. The van der Waals surface area contributed by atoms with Crippen molar-refractivity contribution in [1.29, 1.82) is 0 Å². The van der Waals surface area contributed by atoms with Gasteiger partial charge in [0.2, 0.25) is 5.91 Å². The summed E-state index contributed by atoms with van der Waals surface area (Å²) < 4.78 is 5.28. The van der Waals surface area contributed by atoms with Crippen LogP contribution in [0.2, 0.25) is 0 Å². The molecule has 0 radical (unpaired) electrons. The van der Waals surface area contributed by atoms with Crippen LogP contribution in [-0.4, -0.2) is 42.9 Å². The van der Waals surface area contributed by atoms with Crippen LogP contribution in [0.15, 0.2) is 27.8 Å². The molecule has 1 amide bonds. The molecule has 1 aliphatic rings. The first-order chi connectivity index (χ1) is 10.1. The van der Waals surface area contributed by atoms with Crippen molar-refractivity contribution in [3.8, 4) is 0 Å². The molecule has 1 atom stereocenters. The van der Waals surface area contributed by atoms with Crippen LogP contribution in [-0.2, 0) is 11.3 Å². The van der Waals surface area contributed by atoms with Crippen LogP contribution in [0, 0.1) is 5.92 Å². The number of carbonyl (C=O) groups excluding carboxylic acids is 1. The van der Waals surface area contributed by atoms with Crippen molar-refractivity contribution in [2.45, 2.75) is 32.9 Å². The lowest BCUT2D eigenvalue weighted by molar-refractivity contribution is -0.133. The molecule has 124 valence electrons. The van der Waals surface area contributed by atoms with E-state index in [0.29, 0.717) is 6.54 Å².